The molecule has 2 rings (SSSR count). The normalized spacial score (nSPS) is 32.4. The molecule has 1 saturated carbocycles. The molecular weight excluding hydrogens is 352 g/mol. The lowest BCUT2D eigenvalue weighted by atomic mass is 9.67. The van der Waals surface area contributed by atoms with Gasteiger partial charge in [-0.3, -0.25) is 4.79 Å². The predicted molar refractivity (Wildman–Crippen MR) is 115 cm³/mol. The zero-order chi connectivity index (χ0) is 20.6. The van der Waals surface area contributed by atoms with E-state index in [0.29, 0.717) is 12.5 Å². The van der Waals surface area contributed by atoms with Gasteiger partial charge in [-0.15, -0.1) is 19.7 Å². The van der Waals surface area contributed by atoms with Crippen molar-refractivity contribution in [2.45, 2.75) is 71.2 Å². The van der Waals surface area contributed by atoms with Crippen molar-refractivity contribution in [1.29, 1.82) is 0 Å². The third-order valence-corrected chi connectivity index (χ3v) is 11.6. The SMILES string of the molecule is C=C[C@H]1C[C@@H](C=C)[C@]2(C1)C(=O)OC[C@@H]2C(CC(=C)C)O[Si](C)(C)C(C)(C)C. The summed E-state index contributed by atoms with van der Waals surface area (Å²) in [6, 6.07) is 0. The van der Waals surface area contributed by atoms with E-state index in [1.54, 1.807) is 0 Å². The summed E-state index contributed by atoms with van der Waals surface area (Å²) >= 11 is 0. The van der Waals surface area contributed by atoms with Gasteiger partial charge >= 0.3 is 5.97 Å². The third-order valence-electron chi connectivity index (χ3n) is 7.12. The van der Waals surface area contributed by atoms with Crippen LogP contribution in [-0.2, 0) is 14.0 Å². The van der Waals surface area contributed by atoms with Gasteiger partial charge in [-0.2, -0.15) is 0 Å². The molecule has 0 bridgehead atoms. The molecule has 1 saturated heterocycles. The van der Waals surface area contributed by atoms with Crippen LogP contribution in [0.3, 0.4) is 0 Å². The zero-order valence-electron chi connectivity index (χ0n) is 18.1. The summed E-state index contributed by atoms with van der Waals surface area (Å²) in [5, 5.41) is 0.105. The topological polar surface area (TPSA) is 35.5 Å². The van der Waals surface area contributed by atoms with Gasteiger partial charge in [-0.05, 0) is 56.2 Å². The van der Waals surface area contributed by atoms with Gasteiger partial charge in [0.2, 0.25) is 0 Å². The lowest BCUT2D eigenvalue weighted by molar-refractivity contribution is -0.148. The molecule has 0 amide bonds. The van der Waals surface area contributed by atoms with Gasteiger partial charge in [0, 0.05) is 5.92 Å². The van der Waals surface area contributed by atoms with Gasteiger partial charge in [0.25, 0.3) is 0 Å². The second-order valence-corrected chi connectivity index (χ2v) is 14.9. The lowest BCUT2D eigenvalue weighted by Gasteiger charge is -2.44. The quantitative estimate of drug-likeness (QED) is 0.308. The summed E-state index contributed by atoms with van der Waals surface area (Å²) in [6.07, 6.45) is 6.34. The molecule has 1 aliphatic heterocycles. The molecule has 5 atom stereocenters. The van der Waals surface area contributed by atoms with Crippen LogP contribution in [0.25, 0.3) is 0 Å². The van der Waals surface area contributed by atoms with E-state index in [1.807, 2.05) is 19.1 Å². The Balaban J connectivity index is 2.44. The Morgan fingerprint density at radius 2 is 2.00 bits per heavy atom. The highest BCUT2D eigenvalue weighted by molar-refractivity contribution is 6.74. The Kier molecular flexibility index (Phi) is 6.33. The molecule has 27 heavy (non-hydrogen) atoms. The maximum atomic E-state index is 13.0. The molecule has 0 aromatic heterocycles. The average Bonchev–Trinajstić information content (AvgIpc) is 3.07. The summed E-state index contributed by atoms with van der Waals surface area (Å²) < 4.78 is 12.6. The van der Waals surface area contributed by atoms with Crippen molar-refractivity contribution in [3.8, 4) is 0 Å². The standard InChI is InChI=1S/C23H38O3Si/c1-10-17-13-18(11-2)23(14-17)19(15-25-21(23)24)20(12-16(3)4)26-27(8,9)22(5,6)7/h10-11,17-20H,1-3,12-15H2,4-9H3/t17-,18+,19+,20?,23-/m0/s1. The summed E-state index contributed by atoms with van der Waals surface area (Å²) in [7, 11) is -2.00. The smallest absolute Gasteiger partial charge is 0.313 e. The Bertz CT molecular complexity index is 616. The summed E-state index contributed by atoms with van der Waals surface area (Å²) in [6.45, 7) is 25.9. The largest absolute Gasteiger partial charge is 0.465 e. The maximum absolute atomic E-state index is 13.0. The molecule has 152 valence electrons. The average molecular weight is 391 g/mol. The first-order valence-electron chi connectivity index (χ1n) is 10.1. The van der Waals surface area contributed by atoms with Crippen molar-refractivity contribution in [1.82, 2.24) is 0 Å². The molecule has 2 aliphatic rings. The zero-order valence-corrected chi connectivity index (χ0v) is 19.1. The van der Waals surface area contributed by atoms with Gasteiger partial charge in [-0.1, -0.05) is 38.5 Å². The molecule has 1 spiro atoms. The van der Waals surface area contributed by atoms with Gasteiger partial charge < -0.3 is 9.16 Å². The minimum atomic E-state index is -2.00. The second-order valence-electron chi connectivity index (χ2n) is 10.1. The molecular formula is C23H38O3Si. The molecule has 0 aromatic carbocycles. The van der Waals surface area contributed by atoms with Crippen LogP contribution >= 0.6 is 0 Å². The van der Waals surface area contributed by atoms with Crippen molar-refractivity contribution in [3.05, 3.63) is 37.5 Å². The molecule has 0 radical (unpaired) electrons. The molecule has 1 heterocycles. The van der Waals surface area contributed by atoms with Gasteiger partial charge in [0.1, 0.15) is 0 Å². The van der Waals surface area contributed by atoms with Crippen molar-refractivity contribution < 1.29 is 14.0 Å². The molecule has 0 N–H and O–H groups in total. The highest BCUT2D eigenvalue weighted by Gasteiger charge is 2.62. The first-order valence-corrected chi connectivity index (χ1v) is 13.0. The number of carbonyl (C=O) groups excluding carboxylic acids is 1. The fraction of sp³-hybridized carbons (Fsp3) is 0.696. The number of rotatable bonds is 7. The number of cyclic esters (lactones) is 1. The van der Waals surface area contributed by atoms with Crippen LogP contribution in [0.2, 0.25) is 18.1 Å². The minimum Gasteiger partial charge on any atom is -0.465 e. The van der Waals surface area contributed by atoms with E-state index in [4.69, 9.17) is 9.16 Å². The number of hydrogen-bond acceptors (Lipinski definition) is 3. The van der Waals surface area contributed by atoms with E-state index < -0.39 is 13.7 Å². The number of hydrogen-bond donors (Lipinski definition) is 0. The van der Waals surface area contributed by atoms with E-state index in [-0.39, 0.29) is 28.9 Å². The summed E-state index contributed by atoms with van der Waals surface area (Å²) in [5.74, 6) is 0.381. The van der Waals surface area contributed by atoms with Crippen molar-refractivity contribution in [2.24, 2.45) is 23.2 Å². The second kappa shape index (κ2) is 7.71. The first kappa shape index (κ1) is 22.2. The van der Waals surface area contributed by atoms with Gasteiger partial charge in [-0.25, -0.2) is 0 Å². The fourth-order valence-electron chi connectivity index (χ4n) is 4.56. The number of carbonyl (C=O) groups is 1. The van der Waals surface area contributed by atoms with Crippen LogP contribution < -0.4 is 0 Å². The van der Waals surface area contributed by atoms with Crippen molar-refractivity contribution >= 4 is 14.3 Å². The molecule has 0 aromatic rings. The van der Waals surface area contributed by atoms with Crippen LogP contribution in [-0.4, -0.2) is 27.0 Å². The van der Waals surface area contributed by atoms with Crippen LogP contribution in [0.1, 0.15) is 47.0 Å². The monoisotopic (exact) mass is 390 g/mol. The maximum Gasteiger partial charge on any atom is 0.313 e. The van der Waals surface area contributed by atoms with Crippen molar-refractivity contribution in [3.63, 3.8) is 0 Å². The third kappa shape index (κ3) is 4.02. The van der Waals surface area contributed by atoms with Gasteiger partial charge in [0.05, 0.1) is 18.1 Å². The van der Waals surface area contributed by atoms with E-state index in [9.17, 15) is 4.79 Å². The summed E-state index contributed by atoms with van der Waals surface area (Å²) in [5.41, 5.74) is 0.546. The Hall–Kier alpha value is -1.13. The molecule has 1 aliphatic carbocycles. The van der Waals surface area contributed by atoms with E-state index in [0.717, 1.165) is 24.8 Å². The summed E-state index contributed by atoms with van der Waals surface area (Å²) in [4.78, 5) is 13.0. The minimum absolute atomic E-state index is 0.0313. The van der Waals surface area contributed by atoms with E-state index >= 15 is 0 Å². The van der Waals surface area contributed by atoms with Crippen LogP contribution in [0, 0.1) is 23.2 Å². The van der Waals surface area contributed by atoms with E-state index in [1.165, 1.54) is 0 Å². The molecule has 2 fully saturated rings. The Morgan fingerprint density at radius 3 is 2.48 bits per heavy atom. The first-order chi connectivity index (χ1) is 12.4. The predicted octanol–water partition coefficient (Wildman–Crippen LogP) is 5.90. The number of allylic oxidation sites excluding steroid dienone is 2. The van der Waals surface area contributed by atoms with Crippen molar-refractivity contribution in [2.75, 3.05) is 6.61 Å². The molecule has 1 unspecified atom stereocenters. The van der Waals surface area contributed by atoms with Crippen LogP contribution in [0.5, 0.6) is 0 Å². The van der Waals surface area contributed by atoms with E-state index in [2.05, 4.69) is 53.6 Å². The fourth-order valence-corrected chi connectivity index (χ4v) is 5.91. The van der Waals surface area contributed by atoms with Crippen LogP contribution in [0.4, 0.5) is 0 Å². The lowest BCUT2D eigenvalue weighted by Crippen LogP contribution is -2.50. The highest BCUT2D eigenvalue weighted by Crippen LogP contribution is 2.58. The van der Waals surface area contributed by atoms with Crippen LogP contribution in [0.15, 0.2) is 37.5 Å². The molecule has 3 nitrogen and oxygen atoms in total. The van der Waals surface area contributed by atoms with Gasteiger partial charge in [0.15, 0.2) is 8.32 Å². The Morgan fingerprint density at radius 1 is 1.37 bits per heavy atom. The Labute approximate surface area is 167 Å². The number of ether oxygens (including phenoxy) is 1. The number of esters is 1. The molecule has 4 heteroatoms. The highest BCUT2D eigenvalue weighted by atomic mass is 28.4.